The average Bonchev–Trinajstić information content (AvgIpc) is 2.02. The van der Waals surface area contributed by atoms with Gasteiger partial charge in [0.25, 0.3) is 0 Å². The van der Waals surface area contributed by atoms with Crippen LogP contribution in [0.5, 0.6) is 0 Å². The first kappa shape index (κ1) is 12.2. The van der Waals surface area contributed by atoms with Crippen LogP contribution in [0, 0.1) is 17.8 Å². The highest BCUT2D eigenvalue weighted by Gasteiger charge is 2.50. The minimum Gasteiger partial charge on any atom is -0.481 e. The Labute approximate surface area is 95.4 Å². The quantitative estimate of drug-likeness (QED) is 0.800. The van der Waals surface area contributed by atoms with E-state index in [1.807, 2.05) is 0 Å². The van der Waals surface area contributed by atoms with Crippen molar-refractivity contribution in [2.24, 2.45) is 17.8 Å². The summed E-state index contributed by atoms with van der Waals surface area (Å²) in [4.78, 5) is 22.1. The first-order chi connectivity index (χ1) is 7.79. The molecule has 0 atom stereocenters. The predicted molar refractivity (Wildman–Crippen MR) is 50.0 cm³/mol. The topological polar surface area (TPSA) is 57.6 Å². The summed E-state index contributed by atoms with van der Waals surface area (Å²) in [6.45, 7) is 0.213. The Kier molecular flexibility index (Phi) is 2.79. The van der Waals surface area contributed by atoms with Crippen molar-refractivity contribution < 1.29 is 27.9 Å². The molecule has 7 heteroatoms. The van der Waals surface area contributed by atoms with Crippen molar-refractivity contribution in [3.8, 4) is 0 Å². The standard InChI is InChI=1S/C10H12F3NO3/c11-10(12,13)9(17)14-3-7(4-14)5-1-6(2-5)8(15)16/h5-7H,1-4H2,(H,15,16). The van der Waals surface area contributed by atoms with Gasteiger partial charge in [0, 0.05) is 13.1 Å². The van der Waals surface area contributed by atoms with Crippen molar-refractivity contribution in [3.63, 3.8) is 0 Å². The molecule has 0 aromatic carbocycles. The summed E-state index contributed by atoms with van der Waals surface area (Å²) in [6.07, 6.45) is -3.75. The van der Waals surface area contributed by atoms with Gasteiger partial charge < -0.3 is 10.0 Å². The van der Waals surface area contributed by atoms with E-state index < -0.39 is 18.1 Å². The van der Waals surface area contributed by atoms with Gasteiger partial charge in [-0.15, -0.1) is 0 Å². The Balaban J connectivity index is 1.74. The Hall–Kier alpha value is -1.27. The zero-order chi connectivity index (χ0) is 12.8. The predicted octanol–water partition coefficient (Wildman–Crippen LogP) is 1.12. The van der Waals surface area contributed by atoms with Gasteiger partial charge in [0.1, 0.15) is 0 Å². The fraction of sp³-hybridized carbons (Fsp3) is 0.800. The molecule has 0 radical (unpaired) electrons. The number of halogens is 3. The van der Waals surface area contributed by atoms with Crippen LogP contribution in [0.1, 0.15) is 12.8 Å². The number of amides is 1. The lowest BCUT2D eigenvalue weighted by Gasteiger charge is -2.48. The molecule has 0 unspecified atom stereocenters. The molecule has 4 nitrogen and oxygen atoms in total. The molecule has 1 heterocycles. The molecule has 1 amide bonds. The third kappa shape index (κ3) is 2.23. The molecular weight excluding hydrogens is 239 g/mol. The van der Waals surface area contributed by atoms with E-state index in [0.29, 0.717) is 12.8 Å². The summed E-state index contributed by atoms with van der Waals surface area (Å²) in [6, 6.07) is 0. The fourth-order valence-electron chi connectivity index (χ4n) is 2.40. The first-order valence-corrected chi connectivity index (χ1v) is 5.38. The first-order valence-electron chi connectivity index (χ1n) is 5.38. The zero-order valence-electron chi connectivity index (χ0n) is 8.91. The molecule has 0 spiro atoms. The second-order valence-electron chi connectivity index (χ2n) is 4.73. The van der Waals surface area contributed by atoms with E-state index >= 15 is 0 Å². The summed E-state index contributed by atoms with van der Waals surface area (Å²) >= 11 is 0. The van der Waals surface area contributed by atoms with E-state index in [1.165, 1.54) is 0 Å². The lowest BCUT2D eigenvalue weighted by Crippen LogP contribution is -2.58. The van der Waals surface area contributed by atoms with Crippen LogP contribution in [0.15, 0.2) is 0 Å². The molecule has 0 bridgehead atoms. The van der Waals surface area contributed by atoms with E-state index in [4.69, 9.17) is 5.11 Å². The fourth-order valence-corrected chi connectivity index (χ4v) is 2.40. The van der Waals surface area contributed by atoms with Crippen molar-refractivity contribution >= 4 is 11.9 Å². The number of carbonyl (C=O) groups excluding carboxylic acids is 1. The highest BCUT2D eigenvalue weighted by Crippen LogP contribution is 2.43. The minimum absolute atomic E-state index is 0.0388. The van der Waals surface area contributed by atoms with Crippen molar-refractivity contribution in [2.75, 3.05) is 13.1 Å². The maximum atomic E-state index is 12.0. The highest BCUT2D eigenvalue weighted by atomic mass is 19.4. The second-order valence-corrected chi connectivity index (χ2v) is 4.73. The summed E-state index contributed by atoms with van der Waals surface area (Å²) in [5, 5.41) is 8.66. The van der Waals surface area contributed by atoms with Gasteiger partial charge in [-0.25, -0.2) is 0 Å². The van der Waals surface area contributed by atoms with E-state index in [0.717, 1.165) is 4.90 Å². The molecule has 2 fully saturated rings. The van der Waals surface area contributed by atoms with Gasteiger partial charge in [0.15, 0.2) is 0 Å². The van der Waals surface area contributed by atoms with Gasteiger partial charge in [-0.2, -0.15) is 13.2 Å². The van der Waals surface area contributed by atoms with Gasteiger partial charge in [-0.1, -0.05) is 0 Å². The number of hydrogen-bond acceptors (Lipinski definition) is 2. The molecule has 1 saturated heterocycles. The number of carboxylic acids is 1. The molecule has 0 aromatic rings. The van der Waals surface area contributed by atoms with E-state index in [2.05, 4.69) is 0 Å². The van der Waals surface area contributed by atoms with Gasteiger partial charge in [0.2, 0.25) is 0 Å². The van der Waals surface area contributed by atoms with Crippen LogP contribution in [0.3, 0.4) is 0 Å². The molecule has 1 N–H and O–H groups in total. The monoisotopic (exact) mass is 251 g/mol. The molecule has 96 valence electrons. The molecular formula is C10H12F3NO3. The molecule has 0 aromatic heterocycles. The highest BCUT2D eigenvalue weighted by molar-refractivity contribution is 5.82. The Bertz CT molecular complexity index is 343. The number of carbonyl (C=O) groups is 2. The third-order valence-corrected chi connectivity index (χ3v) is 3.63. The maximum Gasteiger partial charge on any atom is 0.471 e. The number of likely N-dealkylation sites (tertiary alicyclic amines) is 1. The molecule has 2 aliphatic rings. The van der Waals surface area contributed by atoms with Crippen LogP contribution >= 0.6 is 0 Å². The molecule has 1 aliphatic carbocycles. The number of rotatable bonds is 2. The molecule has 17 heavy (non-hydrogen) atoms. The number of hydrogen-bond donors (Lipinski definition) is 1. The zero-order valence-corrected chi connectivity index (χ0v) is 8.91. The van der Waals surface area contributed by atoms with Crippen LogP contribution in [-0.2, 0) is 9.59 Å². The molecule has 1 aliphatic heterocycles. The molecule has 1 saturated carbocycles. The van der Waals surface area contributed by atoms with Gasteiger partial charge >= 0.3 is 18.1 Å². The van der Waals surface area contributed by atoms with Crippen molar-refractivity contribution in [1.29, 1.82) is 0 Å². The number of carboxylic acid groups (broad SMARTS) is 1. The van der Waals surface area contributed by atoms with Crippen LogP contribution < -0.4 is 0 Å². The van der Waals surface area contributed by atoms with Crippen molar-refractivity contribution in [3.05, 3.63) is 0 Å². The minimum atomic E-state index is -4.80. The lowest BCUT2D eigenvalue weighted by atomic mass is 9.66. The van der Waals surface area contributed by atoms with Crippen LogP contribution in [-0.4, -0.2) is 41.1 Å². The van der Waals surface area contributed by atoms with Gasteiger partial charge in [-0.05, 0) is 24.7 Å². The van der Waals surface area contributed by atoms with Crippen LogP contribution in [0.4, 0.5) is 13.2 Å². The summed E-state index contributed by atoms with van der Waals surface area (Å²) in [5.74, 6) is -2.79. The smallest absolute Gasteiger partial charge is 0.471 e. The third-order valence-electron chi connectivity index (χ3n) is 3.63. The largest absolute Gasteiger partial charge is 0.481 e. The van der Waals surface area contributed by atoms with Gasteiger partial charge in [0.05, 0.1) is 5.92 Å². The van der Waals surface area contributed by atoms with Crippen LogP contribution in [0.2, 0.25) is 0 Å². The number of nitrogens with zero attached hydrogens (tertiary/aromatic N) is 1. The average molecular weight is 251 g/mol. The molecule has 2 rings (SSSR count). The summed E-state index contributed by atoms with van der Waals surface area (Å²) < 4.78 is 36.1. The number of aliphatic carboxylic acids is 1. The van der Waals surface area contributed by atoms with E-state index in [9.17, 15) is 22.8 Å². The SMILES string of the molecule is O=C(O)C1CC(C2CN(C(=O)C(F)(F)F)C2)C1. The second kappa shape index (κ2) is 3.89. The van der Waals surface area contributed by atoms with E-state index in [-0.39, 0.29) is 30.8 Å². The Morgan fingerprint density at radius 2 is 1.65 bits per heavy atom. The number of alkyl halides is 3. The Morgan fingerprint density at radius 3 is 2.06 bits per heavy atom. The van der Waals surface area contributed by atoms with Gasteiger partial charge in [-0.3, -0.25) is 9.59 Å². The normalized spacial score (nSPS) is 29.5. The maximum absolute atomic E-state index is 12.0. The summed E-state index contributed by atoms with van der Waals surface area (Å²) in [5.41, 5.74) is 0. The van der Waals surface area contributed by atoms with E-state index in [1.54, 1.807) is 0 Å². The Morgan fingerprint density at radius 1 is 1.12 bits per heavy atom. The summed E-state index contributed by atoms with van der Waals surface area (Å²) in [7, 11) is 0. The van der Waals surface area contributed by atoms with Crippen molar-refractivity contribution in [2.45, 2.75) is 19.0 Å². The van der Waals surface area contributed by atoms with Crippen LogP contribution in [0.25, 0.3) is 0 Å². The van der Waals surface area contributed by atoms with Crippen molar-refractivity contribution in [1.82, 2.24) is 4.90 Å². The lowest BCUT2D eigenvalue weighted by molar-refractivity contribution is -0.194.